The number of benzene rings is 2. The molecule has 11 heteroatoms. The fraction of sp³-hybridized carbons (Fsp3) is 0.107. The van der Waals surface area contributed by atoms with Crippen molar-refractivity contribution in [3.8, 4) is 16.9 Å². The lowest BCUT2D eigenvalue weighted by Crippen LogP contribution is -2.14. The van der Waals surface area contributed by atoms with Crippen molar-refractivity contribution >= 4 is 23.2 Å². The number of anilines is 3. The zero-order valence-corrected chi connectivity index (χ0v) is 20.7. The van der Waals surface area contributed by atoms with Gasteiger partial charge < -0.3 is 15.2 Å². The molecule has 0 aliphatic heterocycles. The molecule has 0 saturated heterocycles. The van der Waals surface area contributed by atoms with Crippen molar-refractivity contribution < 1.29 is 20.7 Å². The van der Waals surface area contributed by atoms with E-state index in [9.17, 15) is 18.0 Å². The summed E-state index contributed by atoms with van der Waals surface area (Å²) in [5.74, 6) is -0.608. The van der Waals surface area contributed by atoms with E-state index in [0.29, 0.717) is 22.5 Å². The van der Waals surface area contributed by atoms with Gasteiger partial charge >= 0.3 is 6.18 Å². The molecule has 0 saturated carbocycles. The molecule has 8 nitrogen and oxygen atoms in total. The minimum absolute atomic E-state index is 0.0312. The highest BCUT2D eigenvalue weighted by Crippen LogP contribution is 2.33. The molecule has 0 spiro atoms. The number of aryl methyl sites for hydroxylation is 2. The average molecular weight is 532 g/mol. The molecule has 0 atom stereocenters. The second kappa shape index (κ2) is 10.4. The van der Waals surface area contributed by atoms with Crippen LogP contribution in [0, 0.1) is 13.8 Å². The Labute approximate surface area is 224 Å². The van der Waals surface area contributed by atoms with E-state index in [1.165, 1.54) is 35.3 Å². The van der Waals surface area contributed by atoms with Gasteiger partial charge in [-0.1, -0.05) is 6.07 Å². The minimum Gasteiger partial charge on any atom is -0.324 e. The highest BCUT2D eigenvalue weighted by Gasteiger charge is 2.31. The molecule has 3 heterocycles. The molecule has 0 fully saturated rings. The topological polar surface area (TPSA) is 97.6 Å². The first-order chi connectivity index (χ1) is 19.5. The fourth-order valence-corrected chi connectivity index (χ4v) is 3.77. The number of alkyl halides is 3. The van der Waals surface area contributed by atoms with Crippen molar-refractivity contribution in [1.29, 1.82) is 0 Å². The molecule has 0 unspecified atom stereocenters. The monoisotopic (exact) mass is 531 g/mol. The van der Waals surface area contributed by atoms with Gasteiger partial charge in [-0.05, 0) is 67.9 Å². The SMILES string of the molecule is [2H]c1nc(Nc2cc(C(=O)Nc3cc(-n4cnc(C)c4)cc(C(F)(F)F)c3)ccc2C)nc(-c2cccnc2)c1[2H]. The van der Waals surface area contributed by atoms with E-state index in [0.717, 1.165) is 12.1 Å². The predicted octanol–water partition coefficient (Wildman–Crippen LogP) is 6.36. The Kier molecular flexibility index (Phi) is 6.14. The molecule has 39 heavy (non-hydrogen) atoms. The van der Waals surface area contributed by atoms with Crippen molar-refractivity contribution in [2.45, 2.75) is 20.0 Å². The first-order valence-corrected chi connectivity index (χ1v) is 11.7. The van der Waals surface area contributed by atoms with E-state index in [1.807, 2.05) is 0 Å². The highest BCUT2D eigenvalue weighted by atomic mass is 19.4. The van der Waals surface area contributed by atoms with Crippen LogP contribution in [0.2, 0.25) is 0 Å². The standard InChI is InChI=1S/C28H22F3N7O/c1-17-5-6-19(10-25(17)37-27-33-9-7-24(36-27)20-4-3-8-32-14-20)26(39)35-22-11-21(28(29,30)31)12-23(13-22)38-15-18(2)34-16-38/h3-16H,1-2H3,(H,35,39)(H,33,36,37)/i7D,9D. The van der Waals surface area contributed by atoms with Crippen LogP contribution in [-0.2, 0) is 6.18 Å². The van der Waals surface area contributed by atoms with Crippen LogP contribution in [0.25, 0.3) is 16.9 Å². The van der Waals surface area contributed by atoms with E-state index in [2.05, 4.69) is 30.6 Å². The number of nitrogens with zero attached hydrogens (tertiary/aromatic N) is 5. The molecule has 5 aromatic rings. The molecule has 196 valence electrons. The highest BCUT2D eigenvalue weighted by molar-refractivity contribution is 6.05. The maximum atomic E-state index is 13.6. The summed E-state index contributed by atoms with van der Waals surface area (Å²) in [6, 6.07) is 11.2. The summed E-state index contributed by atoms with van der Waals surface area (Å²) in [5.41, 5.74) is 1.90. The quantitative estimate of drug-likeness (QED) is 0.265. The van der Waals surface area contributed by atoms with Crippen molar-refractivity contribution in [2.24, 2.45) is 0 Å². The molecule has 3 aromatic heterocycles. The van der Waals surface area contributed by atoms with Gasteiger partial charge in [0.25, 0.3) is 5.91 Å². The number of carbonyl (C=O) groups is 1. The second-order valence-electron chi connectivity index (χ2n) is 8.67. The Balaban J connectivity index is 1.44. The van der Waals surface area contributed by atoms with Crippen LogP contribution < -0.4 is 10.6 Å². The molecule has 0 aliphatic rings. The van der Waals surface area contributed by atoms with Crippen LogP contribution in [0.1, 0.15) is 29.9 Å². The Morgan fingerprint density at radius 2 is 1.92 bits per heavy atom. The molecule has 0 radical (unpaired) electrons. The summed E-state index contributed by atoms with van der Waals surface area (Å²) < 4.78 is 58.6. The van der Waals surface area contributed by atoms with Gasteiger partial charge in [0.15, 0.2) is 0 Å². The van der Waals surface area contributed by atoms with E-state index in [1.54, 1.807) is 44.4 Å². The summed E-state index contributed by atoms with van der Waals surface area (Å²) in [5, 5.41) is 5.54. The molecule has 2 N–H and O–H groups in total. The normalized spacial score (nSPS) is 12.0. The first kappa shape index (κ1) is 23.1. The number of rotatable bonds is 6. The van der Waals surface area contributed by atoms with Crippen molar-refractivity contribution in [1.82, 2.24) is 24.5 Å². The number of aromatic nitrogens is 5. The number of hydrogen-bond donors (Lipinski definition) is 2. The Hall–Kier alpha value is -5.06. The third kappa shape index (κ3) is 5.93. The summed E-state index contributed by atoms with van der Waals surface area (Å²) in [4.78, 5) is 29.6. The number of imidazole rings is 1. The molecule has 0 aliphatic carbocycles. The first-order valence-electron chi connectivity index (χ1n) is 12.7. The van der Waals surface area contributed by atoms with Crippen LogP contribution >= 0.6 is 0 Å². The molecular weight excluding hydrogens is 507 g/mol. The Morgan fingerprint density at radius 3 is 2.64 bits per heavy atom. The van der Waals surface area contributed by atoms with Gasteiger partial charge in [-0.2, -0.15) is 13.2 Å². The smallest absolute Gasteiger partial charge is 0.324 e. The molecule has 2 aromatic carbocycles. The van der Waals surface area contributed by atoms with Crippen LogP contribution in [0.5, 0.6) is 0 Å². The van der Waals surface area contributed by atoms with Gasteiger partial charge in [0.1, 0.15) is 0 Å². The van der Waals surface area contributed by atoms with E-state index >= 15 is 0 Å². The maximum absolute atomic E-state index is 13.6. The van der Waals surface area contributed by atoms with Gasteiger partial charge in [-0.3, -0.25) is 9.78 Å². The lowest BCUT2D eigenvalue weighted by atomic mass is 10.1. The number of carbonyl (C=O) groups excluding carboxylic acids is 1. The summed E-state index contributed by atoms with van der Waals surface area (Å²) in [6.45, 7) is 3.49. The van der Waals surface area contributed by atoms with Gasteiger partial charge in [0, 0.05) is 53.0 Å². The van der Waals surface area contributed by atoms with E-state index in [4.69, 9.17) is 2.74 Å². The number of amides is 1. The average Bonchev–Trinajstić information content (AvgIpc) is 3.38. The van der Waals surface area contributed by atoms with Gasteiger partial charge in [-0.15, -0.1) is 0 Å². The Bertz CT molecular complexity index is 1760. The van der Waals surface area contributed by atoms with Crippen LogP contribution in [0.4, 0.5) is 30.5 Å². The summed E-state index contributed by atoms with van der Waals surface area (Å²) in [7, 11) is 0. The third-order valence-corrected chi connectivity index (χ3v) is 5.75. The van der Waals surface area contributed by atoms with E-state index in [-0.39, 0.29) is 40.8 Å². The fourth-order valence-electron chi connectivity index (χ4n) is 3.77. The molecule has 1 amide bonds. The number of nitrogens with one attached hydrogen (secondary N) is 2. The zero-order chi connectivity index (χ0) is 29.3. The number of halogens is 3. The van der Waals surface area contributed by atoms with Crippen molar-refractivity contribution in [3.63, 3.8) is 0 Å². The lowest BCUT2D eigenvalue weighted by molar-refractivity contribution is -0.137. The van der Waals surface area contributed by atoms with Crippen molar-refractivity contribution in [2.75, 3.05) is 10.6 Å². The predicted molar refractivity (Wildman–Crippen MR) is 141 cm³/mol. The molecular formula is C28H22F3N7O. The van der Waals surface area contributed by atoms with E-state index < -0.39 is 17.6 Å². The third-order valence-electron chi connectivity index (χ3n) is 5.75. The molecule has 0 bridgehead atoms. The Morgan fingerprint density at radius 1 is 1.08 bits per heavy atom. The van der Waals surface area contributed by atoms with Crippen LogP contribution in [0.15, 0.2) is 85.7 Å². The second-order valence-corrected chi connectivity index (χ2v) is 8.67. The van der Waals surface area contributed by atoms with Gasteiger partial charge in [0.2, 0.25) is 5.95 Å². The molecule has 5 rings (SSSR count). The maximum Gasteiger partial charge on any atom is 0.416 e. The summed E-state index contributed by atoms with van der Waals surface area (Å²) >= 11 is 0. The van der Waals surface area contributed by atoms with Gasteiger partial charge in [-0.25, -0.2) is 15.0 Å². The number of pyridine rings is 1. The van der Waals surface area contributed by atoms with Gasteiger partial charge in [0.05, 0.1) is 26.0 Å². The zero-order valence-electron chi connectivity index (χ0n) is 22.7. The van der Waals surface area contributed by atoms with Crippen molar-refractivity contribution in [3.05, 3.63) is 108 Å². The number of hydrogen-bond acceptors (Lipinski definition) is 6. The summed E-state index contributed by atoms with van der Waals surface area (Å²) in [6.07, 6.45) is 1.13. The minimum atomic E-state index is -4.63. The largest absolute Gasteiger partial charge is 0.416 e. The van der Waals surface area contributed by atoms with Crippen LogP contribution in [0.3, 0.4) is 0 Å². The van der Waals surface area contributed by atoms with Crippen LogP contribution in [-0.4, -0.2) is 30.4 Å². The lowest BCUT2D eigenvalue weighted by Gasteiger charge is -2.14.